The molecule has 0 aliphatic carbocycles. The number of anilines is 1. The first-order valence-corrected chi connectivity index (χ1v) is 11.0. The van der Waals surface area contributed by atoms with E-state index in [0.29, 0.717) is 48.5 Å². The number of hydrogen-bond acceptors (Lipinski definition) is 8. The van der Waals surface area contributed by atoms with Crippen molar-refractivity contribution in [3.05, 3.63) is 47.8 Å². The number of carbonyl (C=O) groups excluding carboxylic acids is 1. The molecule has 0 spiro atoms. The Morgan fingerprint density at radius 2 is 2.00 bits per heavy atom. The Morgan fingerprint density at radius 3 is 2.61 bits per heavy atom. The lowest BCUT2D eigenvalue weighted by molar-refractivity contribution is 0.0912. The number of nitrogens with two attached hydrogens (primary N) is 1. The van der Waals surface area contributed by atoms with Gasteiger partial charge in [-0.15, -0.1) is 0 Å². The van der Waals surface area contributed by atoms with E-state index in [1.165, 1.54) is 30.6 Å². The average molecular weight is 469 g/mol. The summed E-state index contributed by atoms with van der Waals surface area (Å²) >= 11 is 1.41. The summed E-state index contributed by atoms with van der Waals surface area (Å²) in [5.41, 5.74) is 6.83. The maximum atomic E-state index is 14.4. The van der Waals surface area contributed by atoms with Crippen molar-refractivity contribution >= 4 is 22.6 Å². The first-order valence-electron chi connectivity index (χ1n) is 10.2. The molecule has 1 fully saturated rings. The Kier molecular flexibility index (Phi) is 6.33. The van der Waals surface area contributed by atoms with Crippen LogP contribution in [0.3, 0.4) is 0 Å². The number of rotatable bonds is 5. The highest BCUT2D eigenvalue weighted by molar-refractivity contribution is 7.19. The summed E-state index contributed by atoms with van der Waals surface area (Å²) in [5, 5.41) is 20.1. The van der Waals surface area contributed by atoms with Crippen molar-refractivity contribution in [2.24, 2.45) is 5.73 Å². The summed E-state index contributed by atoms with van der Waals surface area (Å²) in [7, 11) is 1.47. The number of carbonyl (C=O) groups is 1. The third kappa shape index (κ3) is 4.68. The number of benzene rings is 2. The third-order valence-corrected chi connectivity index (χ3v) is 6.58. The molecule has 2 heterocycles. The zero-order chi connectivity index (χ0) is 23.5. The minimum atomic E-state index is -0.783. The number of phenols is 1. The fraction of sp³-hybridized carbons (Fsp3) is 0.261. The minimum Gasteiger partial charge on any atom is -0.504 e. The maximum absolute atomic E-state index is 14.4. The van der Waals surface area contributed by atoms with Crippen LogP contribution in [0.25, 0.3) is 21.7 Å². The molecular formula is C23H21FN4O4S. The number of primary amides is 1. The van der Waals surface area contributed by atoms with E-state index >= 15 is 0 Å². The van der Waals surface area contributed by atoms with Gasteiger partial charge in [-0.05, 0) is 35.9 Å². The first-order chi connectivity index (χ1) is 15.9. The number of aromatic hydroxyl groups is 1. The largest absolute Gasteiger partial charge is 0.504 e. The van der Waals surface area contributed by atoms with Crippen LogP contribution in [0.1, 0.15) is 18.4 Å². The van der Waals surface area contributed by atoms with Crippen LogP contribution in [0.2, 0.25) is 0 Å². The number of nitriles is 1. The molecule has 1 amide bonds. The summed E-state index contributed by atoms with van der Waals surface area (Å²) in [6, 6.07) is 11.2. The van der Waals surface area contributed by atoms with Gasteiger partial charge in [0.25, 0.3) is 0 Å². The Labute approximate surface area is 193 Å². The van der Waals surface area contributed by atoms with Gasteiger partial charge >= 0.3 is 6.09 Å². The number of aromatic nitrogens is 1. The van der Waals surface area contributed by atoms with Crippen LogP contribution in [0.15, 0.2) is 36.4 Å². The van der Waals surface area contributed by atoms with Crippen molar-refractivity contribution in [2.45, 2.75) is 18.9 Å². The number of methoxy groups -OCH3 is 1. The van der Waals surface area contributed by atoms with Crippen molar-refractivity contribution in [3.8, 4) is 39.3 Å². The summed E-state index contributed by atoms with van der Waals surface area (Å²) in [4.78, 5) is 18.6. The lowest BCUT2D eigenvalue weighted by Gasteiger charge is -2.30. The van der Waals surface area contributed by atoms with Crippen molar-refractivity contribution in [1.82, 2.24) is 4.98 Å². The van der Waals surface area contributed by atoms with E-state index in [9.17, 15) is 14.3 Å². The Balaban J connectivity index is 1.73. The highest BCUT2D eigenvalue weighted by Gasteiger charge is 2.26. The molecule has 1 aromatic heterocycles. The monoisotopic (exact) mass is 468 g/mol. The lowest BCUT2D eigenvalue weighted by atomic mass is 10.0. The fourth-order valence-corrected chi connectivity index (χ4v) is 4.89. The molecule has 0 saturated carbocycles. The van der Waals surface area contributed by atoms with E-state index in [-0.39, 0.29) is 17.4 Å². The molecule has 0 unspecified atom stereocenters. The molecule has 0 radical (unpaired) electrons. The van der Waals surface area contributed by atoms with Crippen molar-refractivity contribution in [1.29, 1.82) is 5.26 Å². The number of piperidine rings is 1. The number of ether oxygens (including phenoxy) is 2. The second-order valence-electron chi connectivity index (χ2n) is 7.49. The Hall–Kier alpha value is -3.84. The topological polar surface area (TPSA) is 122 Å². The van der Waals surface area contributed by atoms with E-state index in [0.717, 1.165) is 10.0 Å². The number of halogens is 1. The molecule has 1 aliphatic rings. The van der Waals surface area contributed by atoms with Gasteiger partial charge in [0, 0.05) is 31.5 Å². The summed E-state index contributed by atoms with van der Waals surface area (Å²) in [6.07, 6.45) is 0.211. The minimum absolute atomic E-state index is 0.0219. The number of amides is 1. The highest BCUT2D eigenvalue weighted by Crippen LogP contribution is 2.43. The van der Waals surface area contributed by atoms with Crippen LogP contribution in [-0.4, -0.2) is 42.5 Å². The van der Waals surface area contributed by atoms with Gasteiger partial charge in [0.15, 0.2) is 16.6 Å². The number of nitrogens with zero attached hydrogens (tertiary/aromatic N) is 3. The SMILES string of the molecule is COc1ccc(-c2sc(N3CCC(OC(N)=O)CC3)nc2-c2ccc(C#N)c(F)c2)cc1O. The van der Waals surface area contributed by atoms with Gasteiger partial charge in [0.2, 0.25) is 0 Å². The predicted octanol–water partition coefficient (Wildman–Crippen LogP) is 4.27. The Morgan fingerprint density at radius 1 is 1.27 bits per heavy atom. The molecule has 2 aromatic carbocycles. The van der Waals surface area contributed by atoms with Gasteiger partial charge in [0.1, 0.15) is 18.0 Å². The van der Waals surface area contributed by atoms with Gasteiger partial charge < -0.3 is 25.2 Å². The first kappa shape index (κ1) is 22.4. The molecule has 3 aromatic rings. The van der Waals surface area contributed by atoms with E-state index in [1.54, 1.807) is 24.3 Å². The van der Waals surface area contributed by atoms with Crippen LogP contribution in [0, 0.1) is 17.1 Å². The zero-order valence-electron chi connectivity index (χ0n) is 17.7. The fourth-order valence-electron chi connectivity index (χ4n) is 3.75. The van der Waals surface area contributed by atoms with E-state index in [4.69, 9.17) is 25.5 Å². The molecule has 10 heteroatoms. The summed E-state index contributed by atoms with van der Waals surface area (Å²) in [6.45, 7) is 1.22. The molecule has 0 atom stereocenters. The normalized spacial score (nSPS) is 14.0. The molecule has 1 saturated heterocycles. The maximum Gasteiger partial charge on any atom is 0.404 e. The number of thiazole rings is 1. The molecular weight excluding hydrogens is 447 g/mol. The molecule has 3 N–H and O–H groups in total. The standard InChI is InChI=1S/C23H21FN4O4S/c1-31-19-5-4-14(11-18(19)29)21-20(13-2-3-15(12-25)17(24)10-13)27-23(33-21)28-8-6-16(7-9-28)32-22(26)30/h2-5,10-11,16,29H,6-9H2,1H3,(H2,26,30). The third-order valence-electron chi connectivity index (χ3n) is 5.42. The van der Waals surface area contributed by atoms with Gasteiger partial charge in [-0.25, -0.2) is 14.2 Å². The Bertz CT molecular complexity index is 1230. The second kappa shape index (κ2) is 9.34. The predicted molar refractivity (Wildman–Crippen MR) is 122 cm³/mol. The van der Waals surface area contributed by atoms with E-state index < -0.39 is 11.9 Å². The van der Waals surface area contributed by atoms with Crippen LogP contribution < -0.4 is 15.4 Å². The molecule has 8 nitrogen and oxygen atoms in total. The highest BCUT2D eigenvalue weighted by atomic mass is 32.1. The van der Waals surface area contributed by atoms with Gasteiger partial charge in [-0.1, -0.05) is 17.4 Å². The summed E-state index contributed by atoms with van der Waals surface area (Å²) < 4.78 is 24.6. The van der Waals surface area contributed by atoms with Crippen LogP contribution in [-0.2, 0) is 4.74 Å². The molecule has 4 rings (SSSR count). The summed E-state index contributed by atoms with van der Waals surface area (Å²) in [5.74, 6) is -0.310. The smallest absolute Gasteiger partial charge is 0.404 e. The van der Waals surface area contributed by atoms with Crippen LogP contribution >= 0.6 is 11.3 Å². The lowest BCUT2D eigenvalue weighted by Crippen LogP contribution is -2.38. The zero-order valence-corrected chi connectivity index (χ0v) is 18.6. The van der Waals surface area contributed by atoms with Crippen molar-refractivity contribution in [2.75, 3.05) is 25.1 Å². The molecule has 1 aliphatic heterocycles. The van der Waals surface area contributed by atoms with Crippen LogP contribution in [0.5, 0.6) is 11.5 Å². The van der Waals surface area contributed by atoms with Gasteiger partial charge in [0.05, 0.1) is 23.2 Å². The number of phenolic OH excluding ortho intramolecular Hbond substituents is 1. The molecule has 170 valence electrons. The van der Waals surface area contributed by atoms with E-state index in [1.807, 2.05) is 6.07 Å². The van der Waals surface area contributed by atoms with Crippen molar-refractivity contribution < 1.29 is 23.8 Å². The van der Waals surface area contributed by atoms with Crippen molar-refractivity contribution in [3.63, 3.8) is 0 Å². The average Bonchev–Trinajstić information content (AvgIpc) is 3.24. The molecule has 0 bridgehead atoms. The van der Waals surface area contributed by atoms with Crippen LogP contribution in [0.4, 0.5) is 14.3 Å². The van der Waals surface area contributed by atoms with Gasteiger partial charge in [-0.2, -0.15) is 5.26 Å². The second-order valence-corrected chi connectivity index (χ2v) is 8.47. The number of hydrogen-bond donors (Lipinski definition) is 2. The molecule has 33 heavy (non-hydrogen) atoms. The quantitative estimate of drug-likeness (QED) is 0.573. The van der Waals surface area contributed by atoms with E-state index in [2.05, 4.69) is 4.90 Å². The van der Waals surface area contributed by atoms with Gasteiger partial charge in [-0.3, -0.25) is 0 Å².